The van der Waals surface area contributed by atoms with E-state index >= 15 is 0 Å². The van der Waals surface area contributed by atoms with Crippen molar-refractivity contribution in [2.24, 2.45) is 0 Å². The Kier molecular flexibility index (Phi) is 6.56. The van der Waals surface area contributed by atoms with Gasteiger partial charge in [0.05, 0.1) is 62.7 Å². The predicted molar refractivity (Wildman–Crippen MR) is 200 cm³/mol. The quantitative estimate of drug-likeness (QED) is 0.193. The summed E-state index contributed by atoms with van der Waals surface area (Å²) in [5, 5.41) is 34.1. The van der Waals surface area contributed by atoms with Crippen LogP contribution >= 0.6 is 0 Å². The third kappa shape index (κ3) is 4.38. The molecule has 50 heavy (non-hydrogen) atoms. The SMILES string of the molecule is N#Cc1cc(-c2cccc(-n3c4ccccc4c4ccccc43)c2)cc(-c2ccccc2-n2c3ccc(C#N)cc3c3c(C#N)cccc32)c1. The third-order valence-electron chi connectivity index (χ3n) is 9.58. The summed E-state index contributed by atoms with van der Waals surface area (Å²) in [7, 11) is 0. The van der Waals surface area contributed by atoms with Crippen LogP contribution in [0, 0.1) is 34.0 Å². The fourth-order valence-corrected chi connectivity index (χ4v) is 7.45. The van der Waals surface area contributed by atoms with E-state index in [1.807, 2.05) is 60.7 Å². The number of rotatable bonds is 4. The van der Waals surface area contributed by atoms with Gasteiger partial charge in [-0.3, -0.25) is 0 Å². The number of para-hydroxylation sites is 3. The van der Waals surface area contributed by atoms with E-state index in [1.165, 1.54) is 10.8 Å². The molecule has 9 aromatic rings. The minimum atomic E-state index is 0.534. The molecule has 0 radical (unpaired) electrons. The van der Waals surface area contributed by atoms with E-state index in [9.17, 15) is 15.8 Å². The summed E-state index contributed by atoms with van der Waals surface area (Å²) < 4.78 is 4.46. The molecule has 0 atom stereocenters. The van der Waals surface area contributed by atoms with Crippen LogP contribution in [0.2, 0.25) is 0 Å². The third-order valence-corrected chi connectivity index (χ3v) is 9.58. The smallest absolute Gasteiger partial charge is 0.0998 e. The van der Waals surface area contributed by atoms with Crippen LogP contribution in [0.25, 0.3) is 77.2 Å². The van der Waals surface area contributed by atoms with Gasteiger partial charge >= 0.3 is 0 Å². The first-order valence-electron chi connectivity index (χ1n) is 16.3. The number of nitriles is 3. The Morgan fingerprint density at radius 2 is 1.06 bits per heavy atom. The largest absolute Gasteiger partial charge is 0.309 e. The highest BCUT2D eigenvalue weighted by atomic mass is 15.0. The molecule has 230 valence electrons. The topological polar surface area (TPSA) is 81.2 Å². The molecule has 2 aromatic heterocycles. The lowest BCUT2D eigenvalue weighted by Gasteiger charge is -2.16. The molecular weight excluding hydrogens is 611 g/mol. The number of hydrogen-bond acceptors (Lipinski definition) is 3. The normalized spacial score (nSPS) is 11.1. The highest BCUT2D eigenvalue weighted by Gasteiger charge is 2.19. The molecule has 0 saturated carbocycles. The molecule has 5 nitrogen and oxygen atoms in total. The Bertz CT molecular complexity index is 2920. The van der Waals surface area contributed by atoms with E-state index < -0.39 is 0 Å². The molecule has 0 fully saturated rings. The van der Waals surface area contributed by atoms with E-state index in [0.717, 1.165) is 66.5 Å². The van der Waals surface area contributed by atoms with Gasteiger partial charge in [-0.05, 0) is 95.6 Å². The van der Waals surface area contributed by atoms with Crippen LogP contribution in [0.1, 0.15) is 16.7 Å². The number of hydrogen-bond donors (Lipinski definition) is 0. The zero-order valence-corrected chi connectivity index (χ0v) is 26.7. The Hall–Kier alpha value is -7.39. The number of nitrogens with zero attached hydrogens (tertiary/aromatic N) is 5. The van der Waals surface area contributed by atoms with Crippen molar-refractivity contribution in [3.05, 3.63) is 168 Å². The Morgan fingerprint density at radius 3 is 1.82 bits per heavy atom. The summed E-state index contributed by atoms with van der Waals surface area (Å²) in [5.41, 5.74) is 11.4. The van der Waals surface area contributed by atoms with Crippen LogP contribution < -0.4 is 0 Å². The van der Waals surface area contributed by atoms with E-state index in [0.29, 0.717) is 16.7 Å². The average molecular weight is 636 g/mol. The maximum atomic E-state index is 10.2. The van der Waals surface area contributed by atoms with Crippen molar-refractivity contribution in [2.75, 3.05) is 0 Å². The summed E-state index contributed by atoms with van der Waals surface area (Å²) >= 11 is 0. The van der Waals surface area contributed by atoms with Crippen molar-refractivity contribution in [1.29, 1.82) is 15.8 Å². The lowest BCUT2D eigenvalue weighted by molar-refractivity contribution is 1.18. The van der Waals surface area contributed by atoms with Crippen molar-refractivity contribution >= 4 is 43.6 Å². The molecule has 0 aliphatic heterocycles. The Labute approximate surface area is 287 Å². The van der Waals surface area contributed by atoms with Gasteiger partial charge in [0, 0.05) is 32.8 Å². The Morgan fingerprint density at radius 1 is 0.400 bits per heavy atom. The fourth-order valence-electron chi connectivity index (χ4n) is 7.45. The summed E-state index contributed by atoms with van der Waals surface area (Å²) in [6.45, 7) is 0. The first-order valence-corrected chi connectivity index (χ1v) is 16.3. The number of fused-ring (bicyclic) bond motifs is 6. The lowest BCUT2D eigenvalue weighted by Crippen LogP contribution is -1.98. The second kappa shape index (κ2) is 11.4. The van der Waals surface area contributed by atoms with Crippen molar-refractivity contribution < 1.29 is 0 Å². The monoisotopic (exact) mass is 635 g/mol. The molecule has 9 rings (SSSR count). The van der Waals surface area contributed by atoms with Crippen molar-refractivity contribution in [1.82, 2.24) is 9.13 Å². The molecule has 0 aliphatic rings. The van der Waals surface area contributed by atoms with Crippen LogP contribution in [0.4, 0.5) is 0 Å². The van der Waals surface area contributed by atoms with Gasteiger partial charge in [-0.15, -0.1) is 0 Å². The van der Waals surface area contributed by atoms with Gasteiger partial charge in [-0.25, -0.2) is 0 Å². The molecule has 0 aliphatic carbocycles. The zero-order valence-electron chi connectivity index (χ0n) is 26.7. The second-order valence-electron chi connectivity index (χ2n) is 12.3. The highest BCUT2D eigenvalue weighted by molar-refractivity contribution is 6.13. The number of aromatic nitrogens is 2. The maximum absolute atomic E-state index is 10.2. The molecular formula is C45H25N5. The fraction of sp³-hybridized carbons (Fsp3) is 0. The lowest BCUT2D eigenvalue weighted by atomic mass is 9.95. The van der Waals surface area contributed by atoms with Gasteiger partial charge in [0.25, 0.3) is 0 Å². The van der Waals surface area contributed by atoms with Crippen molar-refractivity contribution in [3.8, 4) is 51.8 Å². The molecule has 0 spiro atoms. The van der Waals surface area contributed by atoms with Gasteiger partial charge in [-0.2, -0.15) is 15.8 Å². The van der Waals surface area contributed by atoms with Crippen LogP contribution in [0.15, 0.2) is 152 Å². The molecule has 2 heterocycles. The summed E-state index contributed by atoms with van der Waals surface area (Å²) in [6, 6.07) is 57.9. The van der Waals surface area contributed by atoms with E-state index in [2.05, 4.69) is 118 Å². The van der Waals surface area contributed by atoms with E-state index in [-0.39, 0.29) is 0 Å². The second-order valence-corrected chi connectivity index (χ2v) is 12.3. The summed E-state index contributed by atoms with van der Waals surface area (Å²) in [6.07, 6.45) is 0. The van der Waals surface area contributed by atoms with Crippen molar-refractivity contribution in [2.45, 2.75) is 0 Å². The standard InChI is InChI=1S/C45H25N5/c46-26-29-19-20-43-39(23-29)45-32(28-48)10-8-18-44(45)50(43)40-15-4-1-12-36(40)34-22-30(27-47)21-33(24-34)31-9-7-11-35(25-31)49-41-16-5-2-13-37(41)38-14-3-6-17-42(38)49/h1-25H. The average Bonchev–Trinajstić information content (AvgIpc) is 3.70. The first-order chi connectivity index (χ1) is 24.7. The first kappa shape index (κ1) is 28.8. The molecule has 0 saturated heterocycles. The highest BCUT2D eigenvalue weighted by Crippen LogP contribution is 2.39. The van der Waals surface area contributed by atoms with Gasteiger partial charge < -0.3 is 9.13 Å². The maximum Gasteiger partial charge on any atom is 0.0998 e. The van der Waals surface area contributed by atoms with Crippen LogP contribution in [0.3, 0.4) is 0 Å². The van der Waals surface area contributed by atoms with Crippen LogP contribution in [0.5, 0.6) is 0 Å². The van der Waals surface area contributed by atoms with Crippen LogP contribution in [-0.2, 0) is 0 Å². The summed E-state index contributed by atoms with van der Waals surface area (Å²) in [4.78, 5) is 0. The molecule has 5 heteroatoms. The van der Waals surface area contributed by atoms with Gasteiger partial charge in [0.2, 0.25) is 0 Å². The Balaban J connectivity index is 1.25. The van der Waals surface area contributed by atoms with Gasteiger partial charge in [0.15, 0.2) is 0 Å². The van der Waals surface area contributed by atoms with Crippen molar-refractivity contribution in [3.63, 3.8) is 0 Å². The summed E-state index contributed by atoms with van der Waals surface area (Å²) in [5.74, 6) is 0. The zero-order chi connectivity index (χ0) is 33.8. The van der Waals surface area contributed by atoms with E-state index in [4.69, 9.17) is 0 Å². The molecule has 0 N–H and O–H groups in total. The molecule has 0 unspecified atom stereocenters. The number of benzene rings is 7. The van der Waals surface area contributed by atoms with Crippen LogP contribution in [-0.4, -0.2) is 9.13 Å². The van der Waals surface area contributed by atoms with E-state index in [1.54, 1.807) is 0 Å². The molecule has 0 amide bonds. The van der Waals surface area contributed by atoms with Gasteiger partial charge in [-0.1, -0.05) is 72.8 Å². The minimum absolute atomic E-state index is 0.534. The minimum Gasteiger partial charge on any atom is -0.309 e. The molecule has 0 bridgehead atoms. The molecule has 7 aromatic carbocycles. The predicted octanol–water partition coefficient (Wildman–Crippen LogP) is 10.8. The van der Waals surface area contributed by atoms with Gasteiger partial charge in [0.1, 0.15) is 0 Å².